The Morgan fingerprint density at radius 2 is 2.10 bits per heavy atom. The van der Waals surface area contributed by atoms with E-state index in [0.29, 0.717) is 6.42 Å². The lowest BCUT2D eigenvalue weighted by molar-refractivity contribution is -0.162. The van der Waals surface area contributed by atoms with Crippen molar-refractivity contribution in [3.63, 3.8) is 0 Å². The van der Waals surface area contributed by atoms with Crippen LogP contribution in [-0.2, 0) is 19.1 Å². The summed E-state index contributed by atoms with van der Waals surface area (Å²) in [7, 11) is 3.04. The van der Waals surface area contributed by atoms with Crippen LogP contribution in [-0.4, -0.2) is 32.1 Å². The van der Waals surface area contributed by atoms with Crippen LogP contribution in [0.15, 0.2) is 12.7 Å². The summed E-state index contributed by atoms with van der Waals surface area (Å²) in [5.74, 6) is -0.242. The zero-order valence-electron chi connectivity index (χ0n) is 12.2. The lowest BCUT2D eigenvalue weighted by Crippen LogP contribution is -2.49. The molecule has 20 heavy (non-hydrogen) atoms. The number of hydrogen-bond acceptors (Lipinski definition) is 4. The second-order valence-electron chi connectivity index (χ2n) is 6.36. The zero-order valence-corrected chi connectivity index (χ0v) is 12.2. The number of Topliss-reactive ketones (excluding diaryl/α,β-unsaturated/α-hetero) is 1. The number of hydrogen-bond donors (Lipinski definition) is 0. The quantitative estimate of drug-likeness (QED) is 0.451. The van der Waals surface area contributed by atoms with Crippen molar-refractivity contribution >= 4 is 11.8 Å². The summed E-state index contributed by atoms with van der Waals surface area (Å²) in [6, 6.07) is 0. The lowest BCUT2D eigenvalue weighted by atomic mass is 9.66. The first-order valence-electron chi connectivity index (χ1n) is 7.38. The molecule has 3 saturated carbocycles. The van der Waals surface area contributed by atoms with E-state index < -0.39 is 10.8 Å². The summed E-state index contributed by atoms with van der Waals surface area (Å²) in [5, 5.41) is 0. The monoisotopic (exact) mass is 278 g/mol. The van der Waals surface area contributed by atoms with Crippen molar-refractivity contribution < 1.29 is 19.1 Å². The molecule has 5 atom stereocenters. The van der Waals surface area contributed by atoms with Crippen molar-refractivity contribution in [2.24, 2.45) is 22.7 Å². The van der Waals surface area contributed by atoms with Gasteiger partial charge in [-0.25, -0.2) is 0 Å². The molecule has 1 spiro atoms. The van der Waals surface area contributed by atoms with E-state index in [4.69, 9.17) is 9.47 Å². The summed E-state index contributed by atoms with van der Waals surface area (Å²) in [4.78, 5) is 25.6. The first kappa shape index (κ1) is 13.8. The van der Waals surface area contributed by atoms with Crippen molar-refractivity contribution in [1.29, 1.82) is 0 Å². The molecule has 110 valence electrons. The first-order valence-corrected chi connectivity index (χ1v) is 7.38. The molecule has 0 radical (unpaired) electrons. The molecule has 3 aliphatic carbocycles. The van der Waals surface area contributed by atoms with Crippen molar-refractivity contribution in [3.05, 3.63) is 12.7 Å². The SMILES string of the molecule is C=C[C@H]1[C@H]2CC[C@]1(C(=O)OC)C(=O)[C@@]21CCC[C@@H]1OC. The van der Waals surface area contributed by atoms with E-state index in [0.717, 1.165) is 25.7 Å². The van der Waals surface area contributed by atoms with Crippen molar-refractivity contribution in [2.45, 2.75) is 38.2 Å². The van der Waals surface area contributed by atoms with Crippen LogP contribution in [0.4, 0.5) is 0 Å². The van der Waals surface area contributed by atoms with Gasteiger partial charge < -0.3 is 9.47 Å². The third-order valence-electron chi connectivity index (χ3n) is 6.06. The van der Waals surface area contributed by atoms with Gasteiger partial charge in [-0.2, -0.15) is 0 Å². The van der Waals surface area contributed by atoms with E-state index in [1.165, 1.54) is 7.11 Å². The fraction of sp³-hybridized carbons (Fsp3) is 0.750. The number of esters is 1. The number of rotatable bonds is 3. The van der Waals surface area contributed by atoms with Gasteiger partial charge in [0.1, 0.15) is 5.41 Å². The molecule has 3 rings (SSSR count). The molecule has 0 aromatic carbocycles. The van der Waals surface area contributed by atoms with Crippen LogP contribution >= 0.6 is 0 Å². The highest BCUT2D eigenvalue weighted by molar-refractivity contribution is 6.10. The summed E-state index contributed by atoms with van der Waals surface area (Å²) in [6.45, 7) is 3.88. The molecule has 0 aromatic rings. The van der Waals surface area contributed by atoms with Crippen LogP contribution in [0, 0.1) is 22.7 Å². The highest BCUT2D eigenvalue weighted by atomic mass is 16.5. The summed E-state index contributed by atoms with van der Waals surface area (Å²) < 4.78 is 10.6. The Kier molecular flexibility index (Phi) is 3.05. The predicted octanol–water partition coefficient (Wildman–Crippen LogP) is 2.13. The molecular weight excluding hydrogens is 256 g/mol. The first-order chi connectivity index (χ1) is 9.59. The van der Waals surface area contributed by atoms with Gasteiger partial charge in [0.2, 0.25) is 0 Å². The molecule has 0 N–H and O–H groups in total. The Balaban J connectivity index is 2.13. The topological polar surface area (TPSA) is 52.6 Å². The number of methoxy groups -OCH3 is 2. The van der Waals surface area contributed by atoms with Gasteiger partial charge in [0.15, 0.2) is 5.78 Å². The largest absolute Gasteiger partial charge is 0.468 e. The van der Waals surface area contributed by atoms with E-state index >= 15 is 0 Å². The van der Waals surface area contributed by atoms with Crippen LogP contribution < -0.4 is 0 Å². The molecule has 0 heterocycles. The predicted molar refractivity (Wildman–Crippen MR) is 72.9 cm³/mol. The highest BCUT2D eigenvalue weighted by Crippen LogP contribution is 2.69. The molecular formula is C16H22O4. The minimum absolute atomic E-state index is 0.0577. The molecule has 3 aliphatic rings. The van der Waals surface area contributed by atoms with E-state index in [2.05, 4.69) is 6.58 Å². The van der Waals surface area contributed by atoms with Gasteiger partial charge in [-0.3, -0.25) is 9.59 Å². The summed E-state index contributed by atoms with van der Waals surface area (Å²) >= 11 is 0. The molecule has 0 aliphatic heterocycles. The third kappa shape index (κ3) is 1.26. The van der Waals surface area contributed by atoms with Gasteiger partial charge >= 0.3 is 5.97 Å². The van der Waals surface area contributed by atoms with Crippen molar-refractivity contribution in [1.82, 2.24) is 0 Å². The molecule has 4 heteroatoms. The Morgan fingerprint density at radius 1 is 1.35 bits per heavy atom. The maximum Gasteiger partial charge on any atom is 0.319 e. The Hall–Kier alpha value is -1.16. The van der Waals surface area contributed by atoms with Gasteiger partial charge in [-0.15, -0.1) is 6.58 Å². The molecule has 4 nitrogen and oxygen atoms in total. The van der Waals surface area contributed by atoms with Gasteiger partial charge in [-0.1, -0.05) is 6.08 Å². The number of ketones is 1. The minimum atomic E-state index is -0.998. The average molecular weight is 278 g/mol. The molecule has 0 amide bonds. The van der Waals surface area contributed by atoms with Gasteiger partial charge in [0.25, 0.3) is 0 Å². The Bertz CT molecular complexity index is 471. The van der Waals surface area contributed by atoms with Crippen LogP contribution in [0.1, 0.15) is 32.1 Å². The second-order valence-corrected chi connectivity index (χ2v) is 6.36. The number of allylic oxidation sites excluding steroid dienone is 1. The molecule has 0 aromatic heterocycles. The maximum atomic E-state index is 13.2. The molecule has 0 saturated heterocycles. The highest BCUT2D eigenvalue weighted by Gasteiger charge is 2.76. The summed E-state index contributed by atoms with van der Waals surface area (Å²) in [5.41, 5.74) is -1.48. The zero-order chi connectivity index (χ0) is 14.5. The second kappa shape index (κ2) is 4.42. The van der Waals surface area contributed by atoms with Gasteiger partial charge in [0.05, 0.1) is 18.6 Å². The standard InChI is InChI=1S/C16H22O4/c1-4-10-11-7-9-16(10,14(18)20-3)13(17)15(11)8-5-6-12(15)19-2/h4,10-12H,1,5-9H2,2-3H3/t10-,11+,12-,15-,16+/m0/s1. The molecule has 0 unspecified atom stereocenters. The number of carbonyl (C=O) groups is 2. The third-order valence-corrected chi connectivity index (χ3v) is 6.06. The lowest BCUT2D eigenvalue weighted by Gasteiger charge is -2.38. The van der Waals surface area contributed by atoms with Gasteiger partial charge in [-0.05, 0) is 38.0 Å². The minimum Gasteiger partial charge on any atom is -0.468 e. The number of carbonyl (C=O) groups excluding carboxylic acids is 2. The van der Waals surface area contributed by atoms with Crippen LogP contribution in [0.5, 0.6) is 0 Å². The van der Waals surface area contributed by atoms with E-state index in [9.17, 15) is 9.59 Å². The van der Waals surface area contributed by atoms with E-state index in [1.54, 1.807) is 13.2 Å². The molecule has 2 bridgehead atoms. The Morgan fingerprint density at radius 3 is 2.70 bits per heavy atom. The maximum absolute atomic E-state index is 13.2. The molecule has 3 fully saturated rings. The van der Waals surface area contributed by atoms with Crippen LogP contribution in [0.3, 0.4) is 0 Å². The van der Waals surface area contributed by atoms with E-state index in [-0.39, 0.29) is 29.7 Å². The van der Waals surface area contributed by atoms with Crippen LogP contribution in [0.2, 0.25) is 0 Å². The number of ether oxygens (including phenoxy) is 2. The van der Waals surface area contributed by atoms with Crippen LogP contribution in [0.25, 0.3) is 0 Å². The Labute approximate surface area is 119 Å². The summed E-state index contributed by atoms with van der Waals surface area (Å²) in [6.07, 6.45) is 5.94. The van der Waals surface area contributed by atoms with Gasteiger partial charge in [0, 0.05) is 13.0 Å². The fourth-order valence-corrected chi connectivity index (χ4v) is 5.39. The van der Waals surface area contributed by atoms with Crippen molar-refractivity contribution in [3.8, 4) is 0 Å². The van der Waals surface area contributed by atoms with E-state index in [1.807, 2.05) is 0 Å². The fourth-order valence-electron chi connectivity index (χ4n) is 5.39. The van der Waals surface area contributed by atoms with Crippen molar-refractivity contribution in [2.75, 3.05) is 14.2 Å². The normalized spacial score (nSPS) is 46.1. The smallest absolute Gasteiger partial charge is 0.319 e. The number of fused-ring (bicyclic) bond motifs is 3. The average Bonchev–Trinajstić information content (AvgIpc) is 3.11.